The molecule has 3 aromatic rings. The Labute approximate surface area is 191 Å². The van der Waals surface area contributed by atoms with Crippen molar-refractivity contribution < 1.29 is 19.0 Å². The van der Waals surface area contributed by atoms with E-state index in [4.69, 9.17) is 31.1 Å². The van der Waals surface area contributed by atoms with Gasteiger partial charge in [-0.25, -0.2) is 0 Å². The summed E-state index contributed by atoms with van der Waals surface area (Å²) in [5.74, 6) is 2.20. The van der Waals surface area contributed by atoms with Crippen LogP contribution in [0.5, 0.6) is 23.0 Å². The van der Waals surface area contributed by atoms with Gasteiger partial charge in [0.25, 0.3) is 0 Å². The third kappa shape index (κ3) is 5.13. The number of nitrogens with one attached hydrogen (secondary N) is 1. The summed E-state index contributed by atoms with van der Waals surface area (Å²) in [7, 11) is 0. The van der Waals surface area contributed by atoms with E-state index in [1.165, 1.54) is 0 Å². The monoisotopic (exact) mass is 448 g/mol. The van der Waals surface area contributed by atoms with E-state index in [1.807, 2.05) is 13.0 Å². The van der Waals surface area contributed by atoms with E-state index in [9.17, 15) is 4.79 Å². The summed E-state index contributed by atoms with van der Waals surface area (Å²) >= 11 is 6.32. The molecular weight excluding hydrogens is 428 g/mol. The molecular formula is C25H21ClN2O4. The Hall–Kier alpha value is -3.69. The number of aryl methyl sites for hydroxylation is 1. The zero-order valence-electron chi connectivity index (χ0n) is 17.5. The number of benzene rings is 3. The number of rotatable bonds is 5. The highest BCUT2D eigenvalue weighted by atomic mass is 35.5. The molecule has 162 valence electrons. The lowest BCUT2D eigenvalue weighted by molar-refractivity contribution is -0.115. The first-order valence-corrected chi connectivity index (χ1v) is 10.6. The number of carbonyl (C=O) groups excluding carboxylic acids is 1. The van der Waals surface area contributed by atoms with Crippen LogP contribution in [-0.4, -0.2) is 19.1 Å². The van der Waals surface area contributed by atoms with E-state index in [2.05, 4.69) is 11.4 Å². The van der Waals surface area contributed by atoms with Crippen molar-refractivity contribution in [2.45, 2.75) is 19.8 Å². The zero-order valence-corrected chi connectivity index (χ0v) is 18.2. The summed E-state index contributed by atoms with van der Waals surface area (Å²) in [6, 6.07) is 17.9. The number of hydrogen-bond donors (Lipinski definition) is 1. The highest BCUT2D eigenvalue weighted by Crippen LogP contribution is 2.38. The van der Waals surface area contributed by atoms with Gasteiger partial charge in [0.1, 0.15) is 11.5 Å². The molecule has 1 amide bonds. The lowest BCUT2D eigenvalue weighted by atomic mass is 10.1. The van der Waals surface area contributed by atoms with Gasteiger partial charge in [-0.1, -0.05) is 11.6 Å². The van der Waals surface area contributed by atoms with Crippen molar-refractivity contribution in [2.75, 3.05) is 18.5 Å². The normalized spacial score (nSPS) is 12.4. The van der Waals surface area contributed by atoms with Gasteiger partial charge in [-0.3, -0.25) is 4.79 Å². The third-order valence-corrected chi connectivity index (χ3v) is 5.20. The second-order valence-electron chi connectivity index (χ2n) is 7.40. The van der Waals surface area contributed by atoms with Gasteiger partial charge >= 0.3 is 0 Å². The number of nitriles is 1. The van der Waals surface area contributed by atoms with Crippen molar-refractivity contribution in [3.8, 4) is 29.1 Å². The number of hydrogen-bond acceptors (Lipinski definition) is 5. The molecule has 0 saturated heterocycles. The highest BCUT2D eigenvalue weighted by molar-refractivity contribution is 6.32. The van der Waals surface area contributed by atoms with Crippen LogP contribution in [0.3, 0.4) is 0 Å². The number of ether oxygens (including phenoxy) is 3. The second kappa shape index (κ2) is 9.63. The Morgan fingerprint density at radius 3 is 2.59 bits per heavy atom. The fourth-order valence-electron chi connectivity index (χ4n) is 3.34. The summed E-state index contributed by atoms with van der Waals surface area (Å²) in [4.78, 5) is 12.6. The van der Waals surface area contributed by atoms with Crippen LogP contribution in [0, 0.1) is 18.3 Å². The summed E-state index contributed by atoms with van der Waals surface area (Å²) in [6.07, 6.45) is 0.935. The number of carbonyl (C=O) groups is 1. The second-order valence-corrected chi connectivity index (χ2v) is 7.80. The molecule has 0 bridgehead atoms. The molecule has 0 atom stereocenters. The Balaban J connectivity index is 1.41. The fraction of sp³-hybridized carbons (Fsp3) is 0.200. The molecule has 0 aliphatic carbocycles. The first-order valence-electron chi connectivity index (χ1n) is 10.2. The minimum Gasteiger partial charge on any atom is -0.489 e. The summed E-state index contributed by atoms with van der Waals surface area (Å²) < 4.78 is 17.2. The molecule has 32 heavy (non-hydrogen) atoms. The Morgan fingerprint density at radius 1 is 1.09 bits per heavy atom. The maximum atomic E-state index is 12.6. The smallest absolute Gasteiger partial charge is 0.228 e. The predicted octanol–water partition coefficient (Wildman–Crippen LogP) is 5.65. The van der Waals surface area contributed by atoms with E-state index in [1.54, 1.807) is 48.5 Å². The lowest BCUT2D eigenvalue weighted by Gasteiger charge is -2.13. The van der Waals surface area contributed by atoms with Crippen molar-refractivity contribution in [3.63, 3.8) is 0 Å². The number of amides is 1. The number of nitrogens with zero attached hydrogens (tertiary/aromatic N) is 1. The van der Waals surface area contributed by atoms with Crippen LogP contribution in [-0.2, 0) is 11.2 Å². The van der Waals surface area contributed by atoms with Crippen LogP contribution < -0.4 is 19.5 Å². The number of anilines is 1. The third-order valence-electron chi connectivity index (χ3n) is 4.92. The fourth-order valence-corrected chi connectivity index (χ4v) is 3.63. The quantitative estimate of drug-likeness (QED) is 0.545. The standard InChI is InChI=1S/C25H21ClN2O4/c1-16-11-20(32-19-5-3-17(15-27)4-6-19)7-8-22(16)28-24(29)14-18-12-21(26)25-23(13-18)30-9-2-10-31-25/h3-8,11-13H,2,9-10,14H2,1H3,(H,28,29). The van der Waals surface area contributed by atoms with Crippen molar-refractivity contribution in [1.82, 2.24) is 0 Å². The summed E-state index contributed by atoms with van der Waals surface area (Å²) in [6.45, 7) is 3.00. The summed E-state index contributed by atoms with van der Waals surface area (Å²) in [5.41, 5.74) is 2.88. The van der Waals surface area contributed by atoms with Gasteiger partial charge in [0, 0.05) is 12.1 Å². The Kier molecular flexibility index (Phi) is 6.48. The average Bonchev–Trinajstić information content (AvgIpc) is 3.02. The molecule has 0 fully saturated rings. The van der Waals surface area contributed by atoms with Crippen LogP contribution in [0.2, 0.25) is 5.02 Å². The van der Waals surface area contributed by atoms with Gasteiger partial charge in [-0.05, 0) is 72.6 Å². The molecule has 0 aromatic heterocycles. The molecule has 7 heteroatoms. The van der Waals surface area contributed by atoms with Crippen molar-refractivity contribution in [1.29, 1.82) is 5.26 Å². The first kappa shape index (κ1) is 21.5. The van der Waals surface area contributed by atoms with Crippen LogP contribution >= 0.6 is 11.6 Å². The van der Waals surface area contributed by atoms with Crippen LogP contribution in [0.1, 0.15) is 23.1 Å². The van der Waals surface area contributed by atoms with E-state index in [0.29, 0.717) is 52.5 Å². The van der Waals surface area contributed by atoms with Crippen molar-refractivity contribution in [2.24, 2.45) is 0 Å². The highest BCUT2D eigenvalue weighted by Gasteiger charge is 2.17. The topological polar surface area (TPSA) is 80.6 Å². The van der Waals surface area contributed by atoms with Gasteiger partial charge in [0.05, 0.1) is 36.3 Å². The molecule has 6 nitrogen and oxygen atoms in total. The predicted molar refractivity (Wildman–Crippen MR) is 122 cm³/mol. The van der Waals surface area contributed by atoms with Crippen molar-refractivity contribution >= 4 is 23.2 Å². The van der Waals surface area contributed by atoms with Gasteiger partial charge in [-0.2, -0.15) is 5.26 Å². The largest absolute Gasteiger partial charge is 0.489 e. The van der Waals surface area contributed by atoms with Crippen LogP contribution in [0.4, 0.5) is 5.69 Å². The SMILES string of the molecule is Cc1cc(Oc2ccc(C#N)cc2)ccc1NC(=O)Cc1cc(Cl)c2c(c1)OCCCO2. The average molecular weight is 449 g/mol. The molecule has 3 aromatic carbocycles. The molecule has 1 N–H and O–H groups in total. The summed E-state index contributed by atoms with van der Waals surface area (Å²) in [5, 5.41) is 12.3. The van der Waals surface area contributed by atoms with Gasteiger partial charge in [0.15, 0.2) is 11.5 Å². The molecule has 0 radical (unpaired) electrons. The van der Waals surface area contributed by atoms with E-state index in [-0.39, 0.29) is 12.3 Å². The first-order chi connectivity index (χ1) is 15.5. The Morgan fingerprint density at radius 2 is 1.84 bits per heavy atom. The minimum absolute atomic E-state index is 0.152. The molecule has 4 rings (SSSR count). The maximum absolute atomic E-state index is 12.6. The molecule has 1 aliphatic heterocycles. The molecule has 1 aliphatic rings. The van der Waals surface area contributed by atoms with Gasteiger partial charge in [-0.15, -0.1) is 0 Å². The van der Waals surface area contributed by atoms with E-state index in [0.717, 1.165) is 17.5 Å². The van der Waals surface area contributed by atoms with Crippen molar-refractivity contribution in [3.05, 3.63) is 76.3 Å². The molecule has 1 heterocycles. The van der Waals surface area contributed by atoms with Crippen LogP contribution in [0.25, 0.3) is 0 Å². The maximum Gasteiger partial charge on any atom is 0.228 e. The number of fused-ring (bicyclic) bond motifs is 1. The van der Waals surface area contributed by atoms with Crippen LogP contribution in [0.15, 0.2) is 54.6 Å². The van der Waals surface area contributed by atoms with Gasteiger partial charge < -0.3 is 19.5 Å². The van der Waals surface area contributed by atoms with Gasteiger partial charge in [0.2, 0.25) is 5.91 Å². The molecule has 0 spiro atoms. The Bertz CT molecular complexity index is 1190. The molecule has 0 unspecified atom stereocenters. The minimum atomic E-state index is -0.167. The lowest BCUT2D eigenvalue weighted by Crippen LogP contribution is -2.15. The zero-order chi connectivity index (χ0) is 22.5. The van der Waals surface area contributed by atoms with E-state index >= 15 is 0 Å². The molecule has 0 saturated carbocycles. The number of halogens is 1. The van der Waals surface area contributed by atoms with E-state index < -0.39 is 0 Å².